The number of aromatic nitrogens is 1. The topological polar surface area (TPSA) is 55.6 Å². The van der Waals surface area contributed by atoms with Gasteiger partial charge in [0.2, 0.25) is 5.91 Å². The van der Waals surface area contributed by atoms with Gasteiger partial charge in [-0.1, -0.05) is 23.4 Å². The molecule has 5 nitrogen and oxygen atoms in total. The molecule has 0 unspecified atom stereocenters. The number of benzene rings is 1. The fourth-order valence-corrected chi connectivity index (χ4v) is 2.11. The number of nitrogens with zero attached hydrogens (tertiary/aromatic N) is 2. The maximum absolute atomic E-state index is 12.1. The standard InChI is InChI=1S/C16H20N2O3/c1-12-10-14(17-21-12)11-16(19)18(2)9-8-13-6-4-5-7-15(13)20-3/h4-7,10H,8-9,11H2,1-3H3. The van der Waals surface area contributed by atoms with E-state index in [0.29, 0.717) is 12.2 Å². The Morgan fingerprint density at radius 3 is 2.81 bits per heavy atom. The second-order valence-electron chi connectivity index (χ2n) is 4.98. The van der Waals surface area contributed by atoms with Crippen molar-refractivity contribution in [2.75, 3.05) is 20.7 Å². The number of amides is 1. The Balaban J connectivity index is 1.89. The number of para-hydroxylation sites is 1. The first-order valence-corrected chi connectivity index (χ1v) is 6.88. The first-order chi connectivity index (χ1) is 10.1. The van der Waals surface area contributed by atoms with Crippen LogP contribution in [0, 0.1) is 6.92 Å². The second-order valence-corrected chi connectivity index (χ2v) is 4.98. The van der Waals surface area contributed by atoms with Crippen molar-refractivity contribution in [3.63, 3.8) is 0 Å². The lowest BCUT2D eigenvalue weighted by Gasteiger charge is -2.17. The maximum Gasteiger partial charge on any atom is 0.228 e. The first-order valence-electron chi connectivity index (χ1n) is 6.88. The molecule has 0 N–H and O–H groups in total. The molecule has 2 aromatic rings. The average Bonchev–Trinajstić information content (AvgIpc) is 2.90. The van der Waals surface area contributed by atoms with E-state index >= 15 is 0 Å². The van der Waals surface area contributed by atoms with E-state index in [1.165, 1.54) is 0 Å². The normalized spacial score (nSPS) is 10.4. The number of ether oxygens (including phenoxy) is 1. The van der Waals surface area contributed by atoms with Gasteiger partial charge in [0.1, 0.15) is 11.5 Å². The van der Waals surface area contributed by atoms with Crippen LogP contribution in [0.2, 0.25) is 0 Å². The van der Waals surface area contributed by atoms with Crippen molar-refractivity contribution < 1.29 is 14.1 Å². The molecule has 0 aliphatic heterocycles. The van der Waals surface area contributed by atoms with Crippen molar-refractivity contribution in [1.82, 2.24) is 10.1 Å². The molecule has 112 valence electrons. The number of hydrogen-bond donors (Lipinski definition) is 0. The second kappa shape index (κ2) is 6.92. The Morgan fingerprint density at radius 2 is 2.14 bits per heavy atom. The van der Waals surface area contributed by atoms with Crippen LogP contribution in [0.3, 0.4) is 0 Å². The zero-order valence-corrected chi connectivity index (χ0v) is 12.6. The van der Waals surface area contributed by atoms with Crippen LogP contribution in [0.25, 0.3) is 0 Å². The molecule has 2 rings (SSSR count). The van der Waals surface area contributed by atoms with Gasteiger partial charge in [-0.2, -0.15) is 0 Å². The van der Waals surface area contributed by atoms with Gasteiger partial charge in [-0.3, -0.25) is 4.79 Å². The van der Waals surface area contributed by atoms with Gasteiger partial charge in [0.15, 0.2) is 0 Å². The molecule has 0 spiro atoms. The first kappa shape index (κ1) is 15.1. The van der Waals surface area contributed by atoms with Crippen LogP contribution in [0.1, 0.15) is 17.0 Å². The molecular weight excluding hydrogens is 268 g/mol. The fourth-order valence-electron chi connectivity index (χ4n) is 2.11. The number of methoxy groups -OCH3 is 1. The predicted octanol–water partition coefficient (Wildman–Crippen LogP) is 2.24. The molecule has 0 bridgehead atoms. The summed E-state index contributed by atoms with van der Waals surface area (Å²) in [5.41, 5.74) is 1.76. The maximum atomic E-state index is 12.1. The van der Waals surface area contributed by atoms with Crippen LogP contribution in [-0.4, -0.2) is 36.7 Å². The summed E-state index contributed by atoms with van der Waals surface area (Å²) in [6.45, 7) is 2.45. The molecule has 0 saturated carbocycles. The van der Waals surface area contributed by atoms with Gasteiger partial charge < -0.3 is 14.2 Å². The van der Waals surface area contributed by atoms with E-state index in [1.807, 2.05) is 31.2 Å². The van der Waals surface area contributed by atoms with Crippen molar-refractivity contribution >= 4 is 5.91 Å². The van der Waals surface area contributed by atoms with E-state index in [0.717, 1.165) is 23.5 Å². The third-order valence-electron chi connectivity index (χ3n) is 3.34. The van der Waals surface area contributed by atoms with Crippen molar-refractivity contribution in [2.24, 2.45) is 0 Å². The molecule has 1 amide bonds. The lowest BCUT2D eigenvalue weighted by molar-refractivity contribution is -0.129. The Morgan fingerprint density at radius 1 is 1.38 bits per heavy atom. The molecule has 1 heterocycles. The van der Waals surface area contributed by atoms with Crippen molar-refractivity contribution in [3.8, 4) is 5.75 Å². The quantitative estimate of drug-likeness (QED) is 0.818. The molecule has 0 saturated heterocycles. The van der Waals surface area contributed by atoms with Gasteiger partial charge >= 0.3 is 0 Å². The lowest BCUT2D eigenvalue weighted by atomic mass is 10.1. The minimum atomic E-state index is 0.0261. The van der Waals surface area contributed by atoms with Crippen LogP contribution in [-0.2, 0) is 17.6 Å². The number of aryl methyl sites for hydroxylation is 1. The summed E-state index contributed by atoms with van der Waals surface area (Å²) in [5, 5.41) is 3.84. The van der Waals surface area contributed by atoms with Crippen LogP contribution >= 0.6 is 0 Å². The number of hydrogen-bond acceptors (Lipinski definition) is 4. The Labute approximate surface area is 124 Å². The molecule has 0 aliphatic carbocycles. The van der Waals surface area contributed by atoms with Crippen LogP contribution in [0.5, 0.6) is 5.75 Å². The Bertz CT molecular complexity index is 607. The highest BCUT2D eigenvalue weighted by molar-refractivity contribution is 5.78. The zero-order valence-electron chi connectivity index (χ0n) is 12.6. The van der Waals surface area contributed by atoms with Crippen molar-refractivity contribution in [3.05, 3.63) is 47.3 Å². The van der Waals surface area contributed by atoms with E-state index in [9.17, 15) is 4.79 Å². The highest BCUT2D eigenvalue weighted by Crippen LogP contribution is 2.18. The van der Waals surface area contributed by atoms with E-state index in [2.05, 4.69) is 5.16 Å². The molecule has 0 aliphatic rings. The third-order valence-corrected chi connectivity index (χ3v) is 3.34. The summed E-state index contributed by atoms with van der Waals surface area (Å²) in [6, 6.07) is 9.63. The number of likely N-dealkylation sites (N-methyl/N-ethyl adjacent to an activating group) is 1. The molecule has 0 atom stereocenters. The van der Waals surface area contributed by atoms with Gasteiger partial charge in [0.25, 0.3) is 0 Å². The fraction of sp³-hybridized carbons (Fsp3) is 0.375. The molecular formula is C16H20N2O3. The average molecular weight is 288 g/mol. The van der Waals surface area contributed by atoms with Gasteiger partial charge in [-0.25, -0.2) is 0 Å². The zero-order chi connectivity index (χ0) is 15.2. The van der Waals surface area contributed by atoms with Gasteiger partial charge in [0.05, 0.1) is 19.2 Å². The van der Waals surface area contributed by atoms with E-state index in [1.54, 1.807) is 25.1 Å². The molecule has 1 aromatic carbocycles. The van der Waals surface area contributed by atoms with Crippen molar-refractivity contribution in [2.45, 2.75) is 19.8 Å². The molecule has 0 fully saturated rings. The minimum Gasteiger partial charge on any atom is -0.496 e. The van der Waals surface area contributed by atoms with Crippen LogP contribution < -0.4 is 4.74 Å². The number of carbonyl (C=O) groups excluding carboxylic acids is 1. The predicted molar refractivity (Wildman–Crippen MR) is 79.3 cm³/mol. The van der Waals surface area contributed by atoms with Gasteiger partial charge in [-0.05, 0) is 25.0 Å². The van der Waals surface area contributed by atoms with E-state index in [4.69, 9.17) is 9.26 Å². The summed E-state index contributed by atoms with van der Waals surface area (Å²) < 4.78 is 10.3. The molecule has 0 radical (unpaired) electrons. The van der Waals surface area contributed by atoms with E-state index in [-0.39, 0.29) is 12.3 Å². The SMILES string of the molecule is COc1ccccc1CCN(C)C(=O)Cc1cc(C)on1. The number of carbonyl (C=O) groups is 1. The highest BCUT2D eigenvalue weighted by Gasteiger charge is 2.13. The summed E-state index contributed by atoms with van der Waals surface area (Å²) in [4.78, 5) is 13.8. The molecule has 21 heavy (non-hydrogen) atoms. The van der Waals surface area contributed by atoms with Gasteiger partial charge in [-0.15, -0.1) is 0 Å². The highest BCUT2D eigenvalue weighted by atomic mass is 16.5. The summed E-state index contributed by atoms with van der Waals surface area (Å²) in [5.74, 6) is 1.60. The Hall–Kier alpha value is -2.30. The van der Waals surface area contributed by atoms with Gasteiger partial charge in [0, 0.05) is 19.7 Å². The van der Waals surface area contributed by atoms with Crippen LogP contribution in [0.15, 0.2) is 34.9 Å². The summed E-state index contributed by atoms with van der Waals surface area (Å²) in [6.07, 6.45) is 1.02. The lowest BCUT2D eigenvalue weighted by Crippen LogP contribution is -2.30. The molecule has 5 heteroatoms. The monoisotopic (exact) mass is 288 g/mol. The van der Waals surface area contributed by atoms with Crippen molar-refractivity contribution in [1.29, 1.82) is 0 Å². The smallest absolute Gasteiger partial charge is 0.228 e. The third kappa shape index (κ3) is 4.08. The van der Waals surface area contributed by atoms with Crippen LogP contribution in [0.4, 0.5) is 0 Å². The largest absolute Gasteiger partial charge is 0.496 e. The Kier molecular flexibility index (Phi) is 4.98. The summed E-state index contributed by atoms with van der Waals surface area (Å²) >= 11 is 0. The minimum absolute atomic E-state index is 0.0261. The van der Waals surface area contributed by atoms with E-state index < -0.39 is 0 Å². The summed E-state index contributed by atoms with van der Waals surface area (Å²) in [7, 11) is 3.45. The number of rotatable bonds is 6. The molecule has 1 aromatic heterocycles.